The first kappa shape index (κ1) is 12.4. The van der Waals surface area contributed by atoms with Gasteiger partial charge >= 0.3 is 0 Å². The van der Waals surface area contributed by atoms with E-state index in [1.165, 1.54) is 51.4 Å². The minimum Gasteiger partial charge on any atom is -0.377 e. The number of methoxy groups -OCH3 is 1. The van der Waals surface area contributed by atoms with Crippen molar-refractivity contribution in [3.63, 3.8) is 0 Å². The normalized spacial score (nSPS) is 35.2. The molecule has 0 radical (unpaired) electrons. The first-order chi connectivity index (χ1) is 7.78. The van der Waals surface area contributed by atoms with Crippen molar-refractivity contribution in [2.24, 2.45) is 5.92 Å². The lowest BCUT2D eigenvalue weighted by Crippen LogP contribution is -2.45. The fourth-order valence-corrected chi connectivity index (χ4v) is 2.97. The average molecular weight is 225 g/mol. The highest BCUT2D eigenvalue weighted by atomic mass is 16.5. The van der Waals surface area contributed by atoms with Crippen LogP contribution in [-0.2, 0) is 4.74 Å². The molecule has 0 unspecified atom stereocenters. The largest absolute Gasteiger partial charge is 0.377 e. The maximum Gasteiger partial charge on any atom is 0.0802 e. The molecule has 16 heavy (non-hydrogen) atoms. The first-order valence-corrected chi connectivity index (χ1v) is 7.06. The van der Waals surface area contributed by atoms with E-state index in [2.05, 4.69) is 12.2 Å². The highest BCUT2D eigenvalue weighted by molar-refractivity contribution is 4.92. The SMILES string of the molecule is CCCC1CCC(CNC2CC2)(OC)CC1. The molecule has 0 aromatic carbocycles. The van der Waals surface area contributed by atoms with Crippen molar-refractivity contribution < 1.29 is 4.74 Å². The maximum absolute atomic E-state index is 5.82. The zero-order valence-electron chi connectivity index (χ0n) is 10.9. The molecule has 0 amide bonds. The second-order valence-corrected chi connectivity index (χ2v) is 5.77. The standard InChI is InChI=1S/C14H27NO/c1-3-4-12-7-9-14(16-2,10-8-12)11-15-13-5-6-13/h12-13,15H,3-11H2,1-2H3. The highest BCUT2D eigenvalue weighted by Gasteiger charge is 2.36. The summed E-state index contributed by atoms with van der Waals surface area (Å²) in [4.78, 5) is 0. The molecule has 0 aromatic rings. The lowest BCUT2D eigenvalue weighted by Gasteiger charge is -2.39. The number of hydrogen-bond acceptors (Lipinski definition) is 2. The molecule has 0 bridgehead atoms. The molecule has 2 heteroatoms. The molecular weight excluding hydrogens is 198 g/mol. The zero-order valence-corrected chi connectivity index (χ0v) is 10.9. The van der Waals surface area contributed by atoms with Crippen molar-refractivity contribution in [2.45, 2.75) is 69.9 Å². The van der Waals surface area contributed by atoms with E-state index in [1.54, 1.807) is 0 Å². The van der Waals surface area contributed by atoms with Crippen LogP contribution in [0.4, 0.5) is 0 Å². The summed E-state index contributed by atoms with van der Waals surface area (Å²) in [6.07, 6.45) is 10.8. The Morgan fingerprint density at radius 2 is 1.88 bits per heavy atom. The first-order valence-electron chi connectivity index (χ1n) is 7.06. The Hall–Kier alpha value is -0.0800. The van der Waals surface area contributed by atoms with Crippen molar-refractivity contribution in [3.05, 3.63) is 0 Å². The Kier molecular flexibility index (Phi) is 4.26. The van der Waals surface area contributed by atoms with E-state index in [0.717, 1.165) is 18.5 Å². The molecular formula is C14H27NO. The Morgan fingerprint density at radius 1 is 1.19 bits per heavy atom. The number of nitrogens with one attached hydrogen (secondary N) is 1. The van der Waals surface area contributed by atoms with Crippen LogP contribution in [0, 0.1) is 5.92 Å². The summed E-state index contributed by atoms with van der Waals surface area (Å²) in [5.74, 6) is 0.967. The predicted molar refractivity (Wildman–Crippen MR) is 67.6 cm³/mol. The molecule has 0 saturated heterocycles. The molecule has 2 fully saturated rings. The van der Waals surface area contributed by atoms with E-state index in [-0.39, 0.29) is 5.60 Å². The van der Waals surface area contributed by atoms with Gasteiger partial charge in [-0.05, 0) is 44.4 Å². The molecule has 1 N–H and O–H groups in total. The van der Waals surface area contributed by atoms with Crippen LogP contribution in [-0.4, -0.2) is 25.3 Å². The van der Waals surface area contributed by atoms with E-state index in [9.17, 15) is 0 Å². The molecule has 2 nitrogen and oxygen atoms in total. The van der Waals surface area contributed by atoms with E-state index < -0.39 is 0 Å². The summed E-state index contributed by atoms with van der Waals surface area (Å²) >= 11 is 0. The summed E-state index contributed by atoms with van der Waals surface area (Å²) in [5.41, 5.74) is 0.160. The van der Waals surface area contributed by atoms with Crippen LogP contribution in [0.2, 0.25) is 0 Å². The van der Waals surface area contributed by atoms with E-state index in [4.69, 9.17) is 4.74 Å². The summed E-state index contributed by atoms with van der Waals surface area (Å²) in [6.45, 7) is 3.37. The number of hydrogen-bond donors (Lipinski definition) is 1. The van der Waals surface area contributed by atoms with Crippen LogP contribution >= 0.6 is 0 Å². The molecule has 2 aliphatic rings. The van der Waals surface area contributed by atoms with E-state index >= 15 is 0 Å². The lowest BCUT2D eigenvalue weighted by molar-refractivity contribution is -0.0483. The van der Waals surface area contributed by atoms with Gasteiger partial charge in [-0.3, -0.25) is 0 Å². The molecule has 2 aliphatic carbocycles. The average Bonchev–Trinajstić information content (AvgIpc) is 3.13. The van der Waals surface area contributed by atoms with Crippen molar-refractivity contribution >= 4 is 0 Å². The highest BCUT2D eigenvalue weighted by Crippen LogP contribution is 2.36. The molecule has 0 atom stereocenters. The maximum atomic E-state index is 5.82. The smallest absolute Gasteiger partial charge is 0.0802 e. The number of rotatable bonds is 6. The summed E-state index contributed by atoms with van der Waals surface area (Å²) < 4.78 is 5.82. The summed E-state index contributed by atoms with van der Waals surface area (Å²) in [5, 5.41) is 3.64. The summed E-state index contributed by atoms with van der Waals surface area (Å²) in [6, 6.07) is 0.806. The third kappa shape index (κ3) is 3.21. The number of ether oxygens (including phenoxy) is 1. The van der Waals surface area contributed by atoms with Gasteiger partial charge < -0.3 is 10.1 Å². The van der Waals surface area contributed by atoms with Gasteiger partial charge in [-0.25, -0.2) is 0 Å². The van der Waals surface area contributed by atoms with Crippen LogP contribution < -0.4 is 5.32 Å². The van der Waals surface area contributed by atoms with Gasteiger partial charge in [0, 0.05) is 19.7 Å². The van der Waals surface area contributed by atoms with Crippen LogP contribution in [0.5, 0.6) is 0 Å². The van der Waals surface area contributed by atoms with Gasteiger partial charge in [0.2, 0.25) is 0 Å². The van der Waals surface area contributed by atoms with Gasteiger partial charge in [0.25, 0.3) is 0 Å². The molecule has 0 aromatic heterocycles. The van der Waals surface area contributed by atoms with E-state index in [0.29, 0.717) is 0 Å². The molecule has 0 aliphatic heterocycles. The second kappa shape index (κ2) is 5.50. The third-order valence-corrected chi connectivity index (χ3v) is 4.44. The van der Waals surface area contributed by atoms with Crippen molar-refractivity contribution in [1.82, 2.24) is 5.32 Å². The predicted octanol–water partition coefficient (Wildman–Crippen LogP) is 3.11. The third-order valence-electron chi connectivity index (χ3n) is 4.44. The lowest BCUT2D eigenvalue weighted by atomic mass is 9.77. The van der Waals surface area contributed by atoms with Gasteiger partial charge in [0.15, 0.2) is 0 Å². The van der Waals surface area contributed by atoms with Crippen molar-refractivity contribution in [1.29, 1.82) is 0 Å². The van der Waals surface area contributed by atoms with Crippen LogP contribution in [0.15, 0.2) is 0 Å². The quantitative estimate of drug-likeness (QED) is 0.750. The van der Waals surface area contributed by atoms with Crippen molar-refractivity contribution in [2.75, 3.05) is 13.7 Å². The monoisotopic (exact) mass is 225 g/mol. The Bertz CT molecular complexity index is 205. The minimum absolute atomic E-state index is 0.160. The van der Waals surface area contributed by atoms with E-state index in [1.807, 2.05) is 7.11 Å². The summed E-state index contributed by atoms with van der Waals surface area (Å²) in [7, 11) is 1.90. The van der Waals surface area contributed by atoms with Gasteiger partial charge in [-0.1, -0.05) is 19.8 Å². The van der Waals surface area contributed by atoms with Crippen LogP contribution in [0.1, 0.15) is 58.3 Å². The zero-order chi connectivity index (χ0) is 11.4. The Balaban J connectivity index is 1.76. The molecule has 94 valence electrons. The fraction of sp³-hybridized carbons (Fsp3) is 1.00. The molecule has 2 rings (SSSR count). The van der Waals surface area contributed by atoms with Crippen molar-refractivity contribution in [3.8, 4) is 0 Å². The van der Waals surface area contributed by atoms with Gasteiger partial charge in [-0.2, -0.15) is 0 Å². The van der Waals surface area contributed by atoms with Crippen LogP contribution in [0.3, 0.4) is 0 Å². The molecule has 0 heterocycles. The van der Waals surface area contributed by atoms with Crippen LogP contribution in [0.25, 0.3) is 0 Å². The minimum atomic E-state index is 0.160. The molecule has 0 spiro atoms. The van der Waals surface area contributed by atoms with Gasteiger partial charge in [0.05, 0.1) is 5.60 Å². The van der Waals surface area contributed by atoms with Gasteiger partial charge in [-0.15, -0.1) is 0 Å². The Morgan fingerprint density at radius 3 is 2.38 bits per heavy atom. The Labute approximate surface area is 100 Å². The topological polar surface area (TPSA) is 21.3 Å². The fourth-order valence-electron chi connectivity index (χ4n) is 2.97. The van der Waals surface area contributed by atoms with Gasteiger partial charge in [0.1, 0.15) is 0 Å². The molecule has 2 saturated carbocycles. The second-order valence-electron chi connectivity index (χ2n) is 5.77.